The summed E-state index contributed by atoms with van der Waals surface area (Å²) in [4.78, 5) is 19.4. The molecule has 2 aliphatic rings. The maximum Gasteiger partial charge on any atom is 0.254 e. The number of hydrogen-bond acceptors (Lipinski definition) is 6. The Labute approximate surface area is 162 Å². The SMILES string of the molecule is Cc1c(C(=O)N2CCC3(CC2)OCCO3)cccc1-n1nnc2cccnc21. The van der Waals surface area contributed by atoms with Gasteiger partial charge in [-0.05, 0) is 36.8 Å². The number of carbonyl (C=O) groups excluding carboxylic acids is 1. The molecule has 28 heavy (non-hydrogen) atoms. The number of amides is 1. The average Bonchev–Trinajstić information content (AvgIpc) is 3.36. The zero-order valence-corrected chi connectivity index (χ0v) is 15.7. The van der Waals surface area contributed by atoms with Crippen LogP contribution in [0, 0.1) is 6.92 Å². The van der Waals surface area contributed by atoms with E-state index in [0.717, 1.165) is 16.8 Å². The number of benzene rings is 1. The molecular weight excluding hydrogens is 358 g/mol. The third-order valence-electron chi connectivity index (χ3n) is 5.60. The van der Waals surface area contributed by atoms with Crippen LogP contribution in [0.5, 0.6) is 0 Å². The second-order valence-corrected chi connectivity index (χ2v) is 7.20. The number of pyridine rings is 1. The third-order valence-corrected chi connectivity index (χ3v) is 5.60. The van der Waals surface area contributed by atoms with Gasteiger partial charge in [0.05, 0.1) is 18.9 Å². The lowest BCUT2D eigenvalue weighted by atomic mass is 10.0. The lowest BCUT2D eigenvalue weighted by Crippen LogP contribution is -2.47. The normalized spacial score (nSPS) is 18.8. The molecule has 2 fully saturated rings. The molecule has 2 aromatic heterocycles. The van der Waals surface area contributed by atoms with Crippen molar-refractivity contribution in [3.05, 3.63) is 47.7 Å². The minimum Gasteiger partial charge on any atom is -0.347 e. The van der Waals surface area contributed by atoms with E-state index in [2.05, 4.69) is 15.3 Å². The second kappa shape index (κ2) is 6.65. The minimum absolute atomic E-state index is 0.0181. The summed E-state index contributed by atoms with van der Waals surface area (Å²) >= 11 is 0. The molecule has 1 aromatic carbocycles. The molecule has 8 nitrogen and oxygen atoms in total. The number of fused-ring (bicyclic) bond motifs is 1. The predicted octanol–water partition coefficient (Wildman–Crippen LogP) is 2.10. The molecule has 1 spiro atoms. The van der Waals surface area contributed by atoms with Gasteiger partial charge in [0.1, 0.15) is 5.52 Å². The molecule has 0 radical (unpaired) electrons. The summed E-state index contributed by atoms with van der Waals surface area (Å²) < 4.78 is 13.2. The third kappa shape index (κ3) is 2.76. The van der Waals surface area contributed by atoms with Gasteiger partial charge in [-0.25, -0.2) is 4.98 Å². The maximum absolute atomic E-state index is 13.2. The van der Waals surface area contributed by atoms with E-state index in [4.69, 9.17) is 9.47 Å². The summed E-state index contributed by atoms with van der Waals surface area (Å²) in [5.41, 5.74) is 3.73. The highest BCUT2D eigenvalue weighted by atomic mass is 16.7. The van der Waals surface area contributed by atoms with Gasteiger partial charge in [0.15, 0.2) is 11.4 Å². The van der Waals surface area contributed by atoms with Crippen molar-refractivity contribution < 1.29 is 14.3 Å². The standard InChI is InChI=1S/C20H21N5O3/c1-14-15(19(26)24-10-7-20(8-11-24)27-12-13-28-20)4-2-6-17(14)25-18-16(22-23-25)5-3-9-21-18/h2-6,9H,7-8,10-13H2,1H3. The first-order chi connectivity index (χ1) is 13.7. The number of likely N-dealkylation sites (tertiary alicyclic amines) is 1. The first-order valence-corrected chi connectivity index (χ1v) is 9.50. The molecule has 0 unspecified atom stereocenters. The summed E-state index contributed by atoms with van der Waals surface area (Å²) in [7, 11) is 0. The first kappa shape index (κ1) is 17.3. The van der Waals surface area contributed by atoms with Gasteiger partial charge in [-0.15, -0.1) is 5.10 Å². The lowest BCUT2D eigenvalue weighted by Gasteiger charge is -2.37. The predicted molar refractivity (Wildman–Crippen MR) is 101 cm³/mol. The summed E-state index contributed by atoms with van der Waals surface area (Å²) in [6.07, 6.45) is 3.12. The van der Waals surface area contributed by atoms with E-state index in [9.17, 15) is 4.79 Å². The molecule has 0 aliphatic carbocycles. The molecule has 8 heteroatoms. The fraction of sp³-hybridized carbons (Fsp3) is 0.400. The Kier molecular flexibility index (Phi) is 4.10. The van der Waals surface area contributed by atoms with Gasteiger partial charge in [-0.3, -0.25) is 4.79 Å². The van der Waals surface area contributed by atoms with Crippen molar-refractivity contribution in [1.29, 1.82) is 0 Å². The Hall–Kier alpha value is -2.84. The molecule has 0 atom stereocenters. The fourth-order valence-corrected chi connectivity index (χ4v) is 4.02. The van der Waals surface area contributed by atoms with Crippen molar-refractivity contribution in [2.75, 3.05) is 26.3 Å². The number of hydrogen-bond donors (Lipinski definition) is 0. The Bertz CT molecular complexity index is 1030. The van der Waals surface area contributed by atoms with Crippen LogP contribution in [-0.2, 0) is 9.47 Å². The quantitative estimate of drug-likeness (QED) is 0.678. The van der Waals surface area contributed by atoms with Crippen LogP contribution in [-0.4, -0.2) is 62.9 Å². The molecular formula is C20H21N5O3. The summed E-state index contributed by atoms with van der Waals surface area (Å²) in [5.74, 6) is -0.469. The van der Waals surface area contributed by atoms with E-state index >= 15 is 0 Å². The number of ether oxygens (including phenoxy) is 2. The van der Waals surface area contributed by atoms with Crippen LogP contribution < -0.4 is 0 Å². The Morgan fingerprint density at radius 3 is 2.68 bits per heavy atom. The zero-order valence-electron chi connectivity index (χ0n) is 15.7. The molecule has 3 aromatic rings. The first-order valence-electron chi connectivity index (χ1n) is 9.50. The molecule has 4 heterocycles. The van der Waals surface area contributed by atoms with Gasteiger partial charge in [-0.1, -0.05) is 11.3 Å². The second-order valence-electron chi connectivity index (χ2n) is 7.20. The number of carbonyl (C=O) groups is 1. The Morgan fingerprint density at radius 2 is 1.89 bits per heavy atom. The van der Waals surface area contributed by atoms with Crippen LogP contribution in [0.25, 0.3) is 16.9 Å². The van der Waals surface area contributed by atoms with Crippen LogP contribution in [0.4, 0.5) is 0 Å². The van der Waals surface area contributed by atoms with Crippen molar-refractivity contribution in [3.63, 3.8) is 0 Å². The molecule has 144 valence electrons. The van der Waals surface area contributed by atoms with E-state index in [-0.39, 0.29) is 5.91 Å². The molecule has 5 rings (SSSR count). The van der Waals surface area contributed by atoms with Crippen molar-refractivity contribution in [2.45, 2.75) is 25.6 Å². The number of rotatable bonds is 2. The van der Waals surface area contributed by atoms with Crippen LogP contribution in [0.2, 0.25) is 0 Å². The summed E-state index contributed by atoms with van der Waals surface area (Å²) in [6, 6.07) is 9.36. The van der Waals surface area contributed by atoms with Gasteiger partial charge in [0.2, 0.25) is 0 Å². The van der Waals surface area contributed by atoms with Crippen molar-refractivity contribution >= 4 is 17.1 Å². The maximum atomic E-state index is 13.2. The Morgan fingerprint density at radius 1 is 1.11 bits per heavy atom. The van der Waals surface area contributed by atoms with E-state index in [1.54, 1.807) is 10.9 Å². The number of aromatic nitrogens is 4. The molecule has 2 saturated heterocycles. The fourth-order valence-electron chi connectivity index (χ4n) is 4.02. The molecule has 0 bridgehead atoms. The van der Waals surface area contributed by atoms with Gasteiger partial charge in [-0.2, -0.15) is 4.68 Å². The topological polar surface area (TPSA) is 82.4 Å². The largest absolute Gasteiger partial charge is 0.347 e. The lowest BCUT2D eigenvalue weighted by molar-refractivity contribution is -0.181. The van der Waals surface area contributed by atoms with Crippen LogP contribution in [0.1, 0.15) is 28.8 Å². The molecule has 0 saturated carbocycles. The molecule has 0 N–H and O–H groups in total. The van der Waals surface area contributed by atoms with Gasteiger partial charge in [0, 0.05) is 37.7 Å². The average molecular weight is 379 g/mol. The smallest absolute Gasteiger partial charge is 0.254 e. The van der Waals surface area contributed by atoms with Gasteiger partial charge >= 0.3 is 0 Å². The molecule has 2 aliphatic heterocycles. The van der Waals surface area contributed by atoms with Crippen molar-refractivity contribution in [2.24, 2.45) is 0 Å². The van der Waals surface area contributed by atoms with Gasteiger partial charge in [0.25, 0.3) is 5.91 Å². The highest BCUT2D eigenvalue weighted by Crippen LogP contribution is 2.32. The molecule has 1 amide bonds. The van der Waals surface area contributed by atoms with Crippen molar-refractivity contribution in [3.8, 4) is 5.69 Å². The Balaban J connectivity index is 1.43. The van der Waals surface area contributed by atoms with Crippen LogP contribution in [0.15, 0.2) is 36.5 Å². The van der Waals surface area contributed by atoms with E-state index in [0.29, 0.717) is 50.4 Å². The minimum atomic E-state index is -0.487. The van der Waals surface area contributed by atoms with E-state index in [1.165, 1.54) is 0 Å². The van der Waals surface area contributed by atoms with Crippen molar-refractivity contribution in [1.82, 2.24) is 24.9 Å². The number of piperidine rings is 1. The van der Waals surface area contributed by atoms with Gasteiger partial charge < -0.3 is 14.4 Å². The summed E-state index contributed by atoms with van der Waals surface area (Å²) in [5, 5.41) is 8.40. The highest BCUT2D eigenvalue weighted by molar-refractivity contribution is 5.96. The van der Waals surface area contributed by atoms with Crippen LogP contribution in [0.3, 0.4) is 0 Å². The van der Waals surface area contributed by atoms with Crippen LogP contribution >= 0.6 is 0 Å². The van der Waals surface area contributed by atoms with E-state index < -0.39 is 5.79 Å². The summed E-state index contributed by atoms with van der Waals surface area (Å²) in [6.45, 7) is 4.45. The zero-order chi connectivity index (χ0) is 19.1. The number of nitrogens with zero attached hydrogens (tertiary/aromatic N) is 5. The monoisotopic (exact) mass is 379 g/mol. The highest BCUT2D eigenvalue weighted by Gasteiger charge is 2.41. The van der Waals surface area contributed by atoms with E-state index in [1.807, 2.05) is 42.2 Å².